The Hall–Kier alpha value is -1.65. The lowest BCUT2D eigenvalue weighted by molar-refractivity contribution is -0.148. The standard InChI is InChI=1S/C9H11O10PS/c10-9(11)5-20(13,19-12)18-8-4-2-1-3-7(8)17-6-21(14,15)16/h1-4,12H,5-6H2,(H,10,11)(H,14,15,16). The summed E-state index contributed by atoms with van der Waals surface area (Å²) < 4.78 is 54.7. The van der Waals surface area contributed by atoms with Gasteiger partial charge < -0.3 is 14.4 Å². The molecule has 3 N–H and O–H groups in total. The number of carboxylic acids is 1. The van der Waals surface area contributed by atoms with E-state index >= 15 is 0 Å². The van der Waals surface area contributed by atoms with Crippen molar-refractivity contribution in [3.05, 3.63) is 24.3 Å². The third-order valence-corrected chi connectivity index (χ3v) is 3.70. The molecule has 0 aromatic heterocycles. The van der Waals surface area contributed by atoms with Crippen LogP contribution in [-0.2, 0) is 24.2 Å². The molecule has 0 aliphatic heterocycles. The lowest BCUT2D eigenvalue weighted by atomic mass is 10.3. The Labute approximate surface area is 119 Å². The van der Waals surface area contributed by atoms with Crippen LogP contribution >= 0.6 is 7.60 Å². The maximum atomic E-state index is 11.8. The molecule has 0 saturated carbocycles. The minimum Gasteiger partial charge on any atom is -0.481 e. The summed E-state index contributed by atoms with van der Waals surface area (Å²) in [5, 5.41) is 17.1. The van der Waals surface area contributed by atoms with E-state index in [2.05, 4.69) is 4.67 Å². The van der Waals surface area contributed by atoms with Crippen LogP contribution < -0.4 is 9.26 Å². The van der Waals surface area contributed by atoms with Crippen molar-refractivity contribution in [1.29, 1.82) is 0 Å². The fourth-order valence-electron chi connectivity index (χ4n) is 1.18. The van der Waals surface area contributed by atoms with Crippen LogP contribution in [0.4, 0.5) is 0 Å². The minimum absolute atomic E-state index is 0.252. The summed E-state index contributed by atoms with van der Waals surface area (Å²) >= 11 is 0. The van der Waals surface area contributed by atoms with E-state index < -0.39 is 35.8 Å². The van der Waals surface area contributed by atoms with Gasteiger partial charge in [-0.05, 0) is 12.1 Å². The topological polar surface area (TPSA) is 157 Å². The Bertz CT molecular complexity index is 654. The molecule has 21 heavy (non-hydrogen) atoms. The van der Waals surface area contributed by atoms with Crippen LogP contribution in [-0.4, -0.2) is 41.4 Å². The van der Waals surface area contributed by atoms with Gasteiger partial charge in [-0.25, -0.2) is 9.82 Å². The second-order valence-corrected chi connectivity index (χ2v) is 6.91. The molecule has 1 atom stereocenters. The van der Waals surface area contributed by atoms with E-state index in [0.717, 1.165) is 0 Å². The molecular weight excluding hydrogens is 331 g/mol. The molecule has 1 aromatic rings. The largest absolute Gasteiger partial charge is 0.481 e. The first-order chi connectivity index (χ1) is 9.65. The quantitative estimate of drug-likeness (QED) is 0.270. The average Bonchev–Trinajstić information content (AvgIpc) is 2.36. The zero-order chi connectivity index (χ0) is 16.1. The van der Waals surface area contributed by atoms with Crippen LogP contribution in [0.2, 0.25) is 0 Å². The van der Waals surface area contributed by atoms with E-state index in [1.54, 1.807) is 0 Å². The lowest BCUT2D eigenvalue weighted by Gasteiger charge is -2.16. The lowest BCUT2D eigenvalue weighted by Crippen LogP contribution is -2.12. The summed E-state index contributed by atoms with van der Waals surface area (Å²) in [5.74, 6) is -3.24. The van der Waals surface area contributed by atoms with Crippen molar-refractivity contribution >= 4 is 23.7 Å². The summed E-state index contributed by atoms with van der Waals surface area (Å²) in [6.45, 7) is 0. The number of ether oxygens (including phenoxy) is 1. The molecule has 12 heteroatoms. The van der Waals surface area contributed by atoms with Crippen LogP contribution in [0.1, 0.15) is 0 Å². The molecule has 0 aliphatic rings. The van der Waals surface area contributed by atoms with Gasteiger partial charge in [-0.1, -0.05) is 12.1 Å². The molecule has 0 bridgehead atoms. The van der Waals surface area contributed by atoms with Crippen molar-refractivity contribution in [3.8, 4) is 11.5 Å². The predicted molar refractivity (Wildman–Crippen MR) is 67.9 cm³/mol. The molecule has 10 nitrogen and oxygen atoms in total. The first-order valence-electron chi connectivity index (χ1n) is 5.16. The molecule has 0 fully saturated rings. The summed E-state index contributed by atoms with van der Waals surface area (Å²) in [4.78, 5) is 10.5. The van der Waals surface area contributed by atoms with Crippen LogP contribution in [0.5, 0.6) is 11.5 Å². The van der Waals surface area contributed by atoms with Crippen molar-refractivity contribution in [2.24, 2.45) is 0 Å². The van der Waals surface area contributed by atoms with Crippen molar-refractivity contribution in [2.75, 3.05) is 12.1 Å². The van der Waals surface area contributed by atoms with Gasteiger partial charge in [0.2, 0.25) is 5.94 Å². The smallest absolute Gasteiger partial charge is 0.417 e. The van der Waals surface area contributed by atoms with E-state index in [-0.39, 0.29) is 11.5 Å². The highest BCUT2D eigenvalue weighted by molar-refractivity contribution is 7.85. The highest BCUT2D eigenvalue weighted by Gasteiger charge is 2.31. The van der Waals surface area contributed by atoms with Crippen molar-refractivity contribution in [2.45, 2.75) is 0 Å². The van der Waals surface area contributed by atoms with E-state index in [4.69, 9.17) is 24.2 Å². The maximum absolute atomic E-state index is 11.8. The van der Waals surface area contributed by atoms with Crippen LogP contribution in [0, 0.1) is 0 Å². The molecule has 0 spiro atoms. The van der Waals surface area contributed by atoms with Gasteiger partial charge in [0, 0.05) is 0 Å². The summed E-state index contributed by atoms with van der Waals surface area (Å²) in [5.41, 5.74) is 0. The number of carboxylic acid groups (broad SMARTS) is 1. The summed E-state index contributed by atoms with van der Waals surface area (Å²) in [7, 11) is -8.83. The second-order valence-electron chi connectivity index (χ2n) is 3.63. The van der Waals surface area contributed by atoms with Gasteiger partial charge in [0.25, 0.3) is 0 Å². The van der Waals surface area contributed by atoms with Crippen molar-refractivity contribution in [1.82, 2.24) is 0 Å². The molecule has 0 amide bonds. The van der Waals surface area contributed by atoms with Gasteiger partial charge in [-0.3, -0.25) is 9.35 Å². The Kier molecular flexibility index (Phi) is 5.70. The van der Waals surface area contributed by atoms with Gasteiger partial charge in [0.05, 0.1) is 0 Å². The van der Waals surface area contributed by atoms with Gasteiger partial charge in [-0.15, -0.1) is 4.67 Å². The summed E-state index contributed by atoms with van der Waals surface area (Å²) in [6, 6.07) is 5.18. The van der Waals surface area contributed by atoms with Crippen molar-refractivity contribution < 1.29 is 46.6 Å². The number of hydrogen-bond donors (Lipinski definition) is 3. The third kappa shape index (κ3) is 6.10. The Balaban J connectivity index is 2.97. The number of benzene rings is 1. The molecule has 0 radical (unpaired) electrons. The van der Waals surface area contributed by atoms with Crippen LogP contribution in [0.25, 0.3) is 0 Å². The normalized spacial score (nSPS) is 14.2. The third-order valence-electron chi connectivity index (χ3n) is 1.90. The molecule has 0 aliphatic carbocycles. The molecule has 0 saturated heterocycles. The molecular formula is C9H11O10PS. The van der Waals surface area contributed by atoms with Gasteiger partial charge >= 0.3 is 23.7 Å². The van der Waals surface area contributed by atoms with Gasteiger partial charge in [0.1, 0.15) is 0 Å². The number of aliphatic carboxylic acids is 1. The van der Waals surface area contributed by atoms with Crippen molar-refractivity contribution in [3.63, 3.8) is 0 Å². The fraction of sp³-hybridized carbons (Fsp3) is 0.222. The van der Waals surface area contributed by atoms with E-state index in [1.165, 1.54) is 24.3 Å². The van der Waals surface area contributed by atoms with E-state index in [9.17, 15) is 17.8 Å². The molecule has 1 rings (SSSR count). The van der Waals surface area contributed by atoms with Gasteiger partial charge in [0.15, 0.2) is 17.7 Å². The maximum Gasteiger partial charge on any atom is 0.417 e. The van der Waals surface area contributed by atoms with Gasteiger partial charge in [-0.2, -0.15) is 8.42 Å². The zero-order valence-corrected chi connectivity index (χ0v) is 12.0. The first-order valence-corrected chi connectivity index (χ1v) is 8.49. The Morgan fingerprint density at radius 1 is 1.24 bits per heavy atom. The average molecular weight is 342 g/mol. The predicted octanol–water partition coefficient (Wildman–Crippen LogP) is 1.06. The molecule has 1 unspecified atom stereocenters. The highest BCUT2D eigenvalue weighted by Crippen LogP contribution is 2.49. The van der Waals surface area contributed by atoms with E-state index in [0.29, 0.717) is 0 Å². The minimum atomic E-state index is -4.43. The Morgan fingerprint density at radius 2 is 1.81 bits per heavy atom. The Morgan fingerprint density at radius 3 is 2.29 bits per heavy atom. The fourth-order valence-corrected chi connectivity index (χ4v) is 2.39. The highest BCUT2D eigenvalue weighted by atomic mass is 32.2. The molecule has 118 valence electrons. The second kappa shape index (κ2) is 6.87. The van der Waals surface area contributed by atoms with E-state index in [1.807, 2.05) is 0 Å². The number of hydrogen-bond acceptors (Lipinski definition) is 8. The number of carbonyl (C=O) groups is 1. The number of rotatable bonds is 8. The summed E-state index contributed by atoms with van der Waals surface area (Å²) in [6.07, 6.45) is -1.13. The van der Waals surface area contributed by atoms with Crippen LogP contribution in [0.15, 0.2) is 24.3 Å². The van der Waals surface area contributed by atoms with Crippen LogP contribution in [0.3, 0.4) is 0 Å². The SMILES string of the molecule is O=C(O)CP(=O)(OO)Oc1ccccc1OCS(=O)(=O)O. The first kappa shape index (κ1) is 17.4. The monoisotopic (exact) mass is 342 g/mol. The molecule has 0 heterocycles. The zero-order valence-electron chi connectivity index (χ0n) is 10.3. The number of para-hydroxylation sites is 2. The molecule has 1 aromatic carbocycles.